The van der Waals surface area contributed by atoms with Crippen LogP contribution in [-0.2, 0) is 10.0 Å². The van der Waals surface area contributed by atoms with E-state index in [4.69, 9.17) is 16.9 Å². The Bertz CT molecular complexity index is 857. The normalized spacial score (nSPS) is 11.5. The highest BCUT2D eigenvalue weighted by atomic mass is 35.5. The maximum absolute atomic E-state index is 13.3. The van der Waals surface area contributed by atoms with E-state index in [1.807, 2.05) is 0 Å². The summed E-state index contributed by atoms with van der Waals surface area (Å²) in [4.78, 5) is 0. The molecule has 0 fully saturated rings. The van der Waals surface area contributed by atoms with E-state index in [1.165, 1.54) is 4.68 Å². The van der Waals surface area contributed by atoms with Crippen molar-refractivity contribution in [1.82, 2.24) is 15.0 Å². The zero-order valence-corrected chi connectivity index (χ0v) is 13.2. The van der Waals surface area contributed by atoms with Crippen molar-refractivity contribution in [3.8, 4) is 6.07 Å². The average Bonchev–Trinajstić information content (AvgIpc) is 2.92. The van der Waals surface area contributed by atoms with Crippen LogP contribution in [0.5, 0.6) is 0 Å². The third-order valence-electron chi connectivity index (χ3n) is 2.73. The highest BCUT2D eigenvalue weighted by Gasteiger charge is 2.23. The first-order valence-corrected chi connectivity index (χ1v) is 7.94. The second kappa shape index (κ2) is 5.90. The summed E-state index contributed by atoms with van der Waals surface area (Å²) in [5.41, 5.74) is -0.306. The smallest absolute Gasteiger partial charge is 0.277 e. The molecule has 1 N–H and O–H groups in total. The number of benzene rings is 1. The van der Waals surface area contributed by atoms with Crippen LogP contribution < -0.4 is 4.72 Å². The van der Waals surface area contributed by atoms with Crippen molar-refractivity contribution < 1.29 is 12.8 Å². The van der Waals surface area contributed by atoms with Crippen LogP contribution in [-0.4, -0.2) is 23.4 Å². The lowest BCUT2D eigenvalue weighted by Crippen LogP contribution is -2.19. The number of nitrogens with one attached hydrogen (secondary N) is 1. The first-order chi connectivity index (χ1) is 10.3. The van der Waals surface area contributed by atoms with Crippen molar-refractivity contribution in [3.05, 3.63) is 34.7 Å². The Hall–Kier alpha value is -2.18. The van der Waals surface area contributed by atoms with E-state index >= 15 is 0 Å². The van der Waals surface area contributed by atoms with Crippen molar-refractivity contribution in [2.45, 2.75) is 24.9 Å². The number of rotatable bonds is 4. The summed E-state index contributed by atoms with van der Waals surface area (Å²) >= 11 is 5.63. The molecule has 0 amide bonds. The monoisotopic (exact) mass is 343 g/mol. The molecule has 0 unspecified atom stereocenters. The predicted molar refractivity (Wildman–Crippen MR) is 77.3 cm³/mol. The van der Waals surface area contributed by atoms with Gasteiger partial charge in [-0.15, -0.1) is 5.10 Å². The van der Waals surface area contributed by atoms with Gasteiger partial charge in [-0.1, -0.05) is 16.8 Å². The van der Waals surface area contributed by atoms with Crippen LogP contribution >= 0.6 is 11.6 Å². The molecule has 1 aromatic carbocycles. The van der Waals surface area contributed by atoms with E-state index in [0.29, 0.717) is 0 Å². The predicted octanol–water partition coefficient (Wildman–Crippen LogP) is 2.32. The topological polar surface area (TPSA) is 101 Å². The molecule has 0 spiro atoms. The summed E-state index contributed by atoms with van der Waals surface area (Å²) in [5.74, 6) is -0.810. The molecule has 0 radical (unpaired) electrons. The maximum atomic E-state index is 13.3. The standard InChI is InChI=1S/C12H11ClFN5O2S/c1-7(2)19-12(6-16-18-19)22(20,21)17-11-4-9(13)10(14)3-8(11)5-15/h3-4,6-7,17H,1-2H3. The number of nitriles is 1. The lowest BCUT2D eigenvalue weighted by molar-refractivity contribution is 0.468. The van der Waals surface area contributed by atoms with Crippen LogP contribution in [0.1, 0.15) is 25.5 Å². The molecule has 0 bridgehead atoms. The van der Waals surface area contributed by atoms with E-state index in [9.17, 15) is 12.8 Å². The van der Waals surface area contributed by atoms with Gasteiger partial charge in [-0.3, -0.25) is 4.72 Å². The van der Waals surface area contributed by atoms with Crippen LogP contribution in [0.25, 0.3) is 0 Å². The van der Waals surface area contributed by atoms with E-state index in [2.05, 4.69) is 15.0 Å². The number of aromatic nitrogens is 3. The first kappa shape index (κ1) is 16.2. The fraction of sp³-hybridized carbons (Fsp3) is 0.250. The minimum Gasteiger partial charge on any atom is -0.277 e. The second-order valence-electron chi connectivity index (χ2n) is 4.64. The van der Waals surface area contributed by atoms with Gasteiger partial charge in [0.15, 0.2) is 5.03 Å². The molecule has 10 heteroatoms. The molecule has 1 aromatic heterocycles. The fourth-order valence-corrected chi connectivity index (χ4v) is 3.11. The molecule has 0 aliphatic rings. The first-order valence-electron chi connectivity index (χ1n) is 6.08. The minimum absolute atomic E-state index is 0.120. The number of sulfonamides is 1. The van der Waals surface area contributed by atoms with Crippen molar-refractivity contribution >= 4 is 27.3 Å². The summed E-state index contributed by atoms with van der Waals surface area (Å²) in [6.07, 6.45) is 1.08. The van der Waals surface area contributed by atoms with Crippen LogP contribution in [0.2, 0.25) is 5.02 Å². The number of nitrogens with zero attached hydrogens (tertiary/aromatic N) is 4. The number of anilines is 1. The highest BCUT2D eigenvalue weighted by Crippen LogP contribution is 2.26. The summed E-state index contributed by atoms with van der Waals surface area (Å²) in [6, 6.07) is 3.37. The lowest BCUT2D eigenvalue weighted by Gasteiger charge is -2.12. The quantitative estimate of drug-likeness (QED) is 0.918. The maximum Gasteiger partial charge on any atom is 0.280 e. The summed E-state index contributed by atoms with van der Waals surface area (Å²) in [7, 11) is -4.05. The van der Waals surface area contributed by atoms with Gasteiger partial charge >= 0.3 is 0 Å². The van der Waals surface area contributed by atoms with Crippen LogP contribution in [0.3, 0.4) is 0 Å². The van der Waals surface area contributed by atoms with E-state index in [-0.39, 0.29) is 27.3 Å². The third-order valence-corrected chi connectivity index (χ3v) is 4.35. The van der Waals surface area contributed by atoms with Gasteiger partial charge in [-0.2, -0.15) is 13.7 Å². The van der Waals surface area contributed by atoms with Crippen LogP contribution in [0.15, 0.2) is 23.4 Å². The van der Waals surface area contributed by atoms with Gasteiger partial charge in [0.1, 0.15) is 11.9 Å². The molecular weight excluding hydrogens is 333 g/mol. The zero-order valence-electron chi connectivity index (χ0n) is 11.6. The fourth-order valence-electron chi connectivity index (χ4n) is 1.71. The molecule has 0 aliphatic carbocycles. The number of halogens is 2. The van der Waals surface area contributed by atoms with Crippen molar-refractivity contribution in [3.63, 3.8) is 0 Å². The van der Waals surface area contributed by atoms with E-state index < -0.39 is 15.8 Å². The number of hydrogen-bond acceptors (Lipinski definition) is 5. The van der Waals surface area contributed by atoms with E-state index in [1.54, 1.807) is 19.9 Å². The largest absolute Gasteiger partial charge is 0.280 e. The second-order valence-corrected chi connectivity index (χ2v) is 6.68. The Morgan fingerprint density at radius 2 is 2.14 bits per heavy atom. The Labute approximate surface area is 131 Å². The minimum atomic E-state index is -4.05. The summed E-state index contributed by atoms with van der Waals surface area (Å²) < 4.78 is 41.5. The molecule has 7 nitrogen and oxygen atoms in total. The lowest BCUT2D eigenvalue weighted by atomic mass is 10.2. The molecule has 22 heavy (non-hydrogen) atoms. The van der Waals surface area contributed by atoms with Crippen molar-refractivity contribution in [2.24, 2.45) is 0 Å². The van der Waals surface area contributed by atoms with Crippen LogP contribution in [0.4, 0.5) is 10.1 Å². The van der Waals surface area contributed by atoms with E-state index in [0.717, 1.165) is 18.3 Å². The zero-order chi connectivity index (χ0) is 16.5. The molecule has 1 heterocycles. The van der Waals surface area contributed by atoms with Gasteiger partial charge in [0, 0.05) is 6.04 Å². The van der Waals surface area contributed by atoms with Gasteiger partial charge in [0.2, 0.25) is 0 Å². The van der Waals surface area contributed by atoms with Gasteiger partial charge in [-0.05, 0) is 26.0 Å². The molecule has 116 valence electrons. The molecular formula is C12H11ClFN5O2S. The molecule has 0 saturated carbocycles. The van der Waals surface area contributed by atoms with Crippen LogP contribution in [0, 0.1) is 17.1 Å². The SMILES string of the molecule is CC(C)n1nncc1S(=O)(=O)Nc1cc(Cl)c(F)cc1C#N. The molecule has 2 rings (SSSR count). The average molecular weight is 344 g/mol. The molecule has 2 aromatic rings. The molecule has 0 atom stereocenters. The summed E-state index contributed by atoms with van der Waals surface area (Å²) in [6.45, 7) is 3.48. The van der Waals surface area contributed by atoms with Gasteiger partial charge in [0.25, 0.3) is 10.0 Å². The Balaban J connectivity index is 2.48. The van der Waals surface area contributed by atoms with Gasteiger partial charge in [-0.25, -0.2) is 9.07 Å². The number of hydrogen-bond donors (Lipinski definition) is 1. The Morgan fingerprint density at radius 1 is 1.45 bits per heavy atom. The third kappa shape index (κ3) is 3.03. The van der Waals surface area contributed by atoms with Crippen molar-refractivity contribution in [1.29, 1.82) is 5.26 Å². The van der Waals surface area contributed by atoms with Gasteiger partial charge < -0.3 is 0 Å². The summed E-state index contributed by atoms with van der Waals surface area (Å²) in [5, 5.41) is 15.8. The Morgan fingerprint density at radius 3 is 2.73 bits per heavy atom. The molecule has 0 saturated heterocycles. The molecule has 0 aliphatic heterocycles. The van der Waals surface area contributed by atoms with Gasteiger partial charge in [0.05, 0.1) is 22.5 Å². The Kier molecular flexibility index (Phi) is 4.35. The van der Waals surface area contributed by atoms with Crippen molar-refractivity contribution in [2.75, 3.05) is 4.72 Å². The highest BCUT2D eigenvalue weighted by molar-refractivity contribution is 7.92.